The van der Waals surface area contributed by atoms with E-state index in [1.807, 2.05) is 32.0 Å². The standard InChI is InChI=1S/C18H22N2O4/c1-13-10-20(11-14(2)24-13)17(21)12-23-18(22)8-7-15-3-5-16(9-19)6-4-15/h3-6,13-14H,7-8,10-12H2,1-2H3. The van der Waals surface area contributed by atoms with E-state index in [1.54, 1.807) is 17.0 Å². The number of hydrogen-bond donors (Lipinski definition) is 0. The lowest BCUT2D eigenvalue weighted by Gasteiger charge is -2.35. The zero-order valence-corrected chi connectivity index (χ0v) is 14.0. The van der Waals surface area contributed by atoms with Gasteiger partial charge >= 0.3 is 5.97 Å². The van der Waals surface area contributed by atoms with Gasteiger partial charge in [-0.15, -0.1) is 0 Å². The Kier molecular flexibility index (Phi) is 6.33. The van der Waals surface area contributed by atoms with Crippen molar-refractivity contribution in [2.75, 3.05) is 19.7 Å². The highest BCUT2D eigenvalue weighted by molar-refractivity contribution is 5.80. The SMILES string of the molecule is CC1CN(C(=O)COC(=O)CCc2ccc(C#N)cc2)CC(C)O1. The average Bonchev–Trinajstić information content (AvgIpc) is 2.57. The Morgan fingerprint density at radius 1 is 1.25 bits per heavy atom. The molecule has 0 radical (unpaired) electrons. The molecule has 0 saturated carbocycles. The maximum absolute atomic E-state index is 12.1. The Morgan fingerprint density at radius 2 is 1.88 bits per heavy atom. The number of rotatable bonds is 5. The van der Waals surface area contributed by atoms with E-state index in [9.17, 15) is 9.59 Å². The van der Waals surface area contributed by atoms with Crippen LogP contribution in [0.25, 0.3) is 0 Å². The number of nitrogens with zero attached hydrogens (tertiary/aromatic N) is 2. The zero-order valence-electron chi connectivity index (χ0n) is 14.0. The molecule has 1 aliphatic heterocycles. The van der Waals surface area contributed by atoms with E-state index in [1.165, 1.54) is 0 Å². The fourth-order valence-corrected chi connectivity index (χ4v) is 2.68. The number of benzene rings is 1. The Bertz CT molecular complexity index is 611. The van der Waals surface area contributed by atoms with E-state index in [-0.39, 0.29) is 31.1 Å². The maximum atomic E-state index is 12.1. The lowest BCUT2D eigenvalue weighted by Crippen LogP contribution is -2.49. The summed E-state index contributed by atoms with van der Waals surface area (Å²) in [6.07, 6.45) is 0.703. The van der Waals surface area contributed by atoms with Gasteiger partial charge in [-0.2, -0.15) is 5.26 Å². The molecule has 128 valence electrons. The van der Waals surface area contributed by atoms with Gasteiger partial charge in [-0.3, -0.25) is 9.59 Å². The molecule has 6 heteroatoms. The van der Waals surface area contributed by atoms with Crippen LogP contribution in [-0.2, 0) is 25.5 Å². The van der Waals surface area contributed by atoms with Crippen molar-refractivity contribution in [3.05, 3.63) is 35.4 Å². The van der Waals surface area contributed by atoms with Crippen LogP contribution in [0.1, 0.15) is 31.4 Å². The van der Waals surface area contributed by atoms with E-state index in [4.69, 9.17) is 14.7 Å². The van der Waals surface area contributed by atoms with Crippen LogP contribution in [0.15, 0.2) is 24.3 Å². The summed E-state index contributed by atoms with van der Waals surface area (Å²) in [4.78, 5) is 25.6. The lowest BCUT2D eigenvalue weighted by molar-refractivity contribution is -0.157. The van der Waals surface area contributed by atoms with Crippen LogP contribution in [-0.4, -0.2) is 48.7 Å². The Morgan fingerprint density at radius 3 is 2.46 bits per heavy atom. The molecule has 1 aromatic rings. The first-order valence-corrected chi connectivity index (χ1v) is 8.06. The number of nitriles is 1. The van der Waals surface area contributed by atoms with Crippen LogP contribution in [0, 0.1) is 11.3 Å². The predicted molar refractivity (Wildman–Crippen MR) is 87.0 cm³/mol. The number of hydrogen-bond acceptors (Lipinski definition) is 5. The molecule has 0 aliphatic carbocycles. The monoisotopic (exact) mass is 330 g/mol. The Balaban J connectivity index is 1.72. The minimum absolute atomic E-state index is 0.00946. The van der Waals surface area contributed by atoms with Crippen LogP contribution in [0.3, 0.4) is 0 Å². The molecule has 0 N–H and O–H groups in total. The van der Waals surface area contributed by atoms with Crippen LogP contribution >= 0.6 is 0 Å². The van der Waals surface area contributed by atoms with Gasteiger partial charge in [-0.05, 0) is 38.0 Å². The van der Waals surface area contributed by atoms with Crippen molar-refractivity contribution < 1.29 is 19.1 Å². The molecule has 1 aromatic carbocycles. The first kappa shape index (κ1) is 18.0. The molecular weight excluding hydrogens is 308 g/mol. The maximum Gasteiger partial charge on any atom is 0.306 e. The molecule has 0 spiro atoms. The number of ether oxygens (including phenoxy) is 2. The van der Waals surface area contributed by atoms with Crippen molar-refractivity contribution in [3.8, 4) is 6.07 Å². The third-order valence-corrected chi connectivity index (χ3v) is 3.83. The van der Waals surface area contributed by atoms with Gasteiger partial charge in [0.15, 0.2) is 6.61 Å². The summed E-state index contributed by atoms with van der Waals surface area (Å²) in [5.74, 6) is -0.592. The normalized spacial score (nSPS) is 20.3. The van der Waals surface area contributed by atoms with E-state index in [0.29, 0.717) is 25.1 Å². The molecule has 1 saturated heterocycles. The van der Waals surface area contributed by atoms with Crippen LogP contribution in [0.2, 0.25) is 0 Å². The van der Waals surface area contributed by atoms with Crippen molar-refractivity contribution in [2.45, 2.75) is 38.9 Å². The summed E-state index contributed by atoms with van der Waals surface area (Å²) < 4.78 is 10.6. The summed E-state index contributed by atoms with van der Waals surface area (Å²) in [5.41, 5.74) is 1.54. The van der Waals surface area contributed by atoms with E-state index >= 15 is 0 Å². The summed E-state index contributed by atoms with van der Waals surface area (Å²) >= 11 is 0. The number of aryl methyl sites for hydroxylation is 1. The summed E-state index contributed by atoms with van der Waals surface area (Å²) in [5, 5.41) is 8.74. The quantitative estimate of drug-likeness (QED) is 0.767. The molecule has 24 heavy (non-hydrogen) atoms. The number of carbonyl (C=O) groups excluding carboxylic acids is 2. The summed E-state index contributed by atoms with van der Waals surface area (Å²) in [6, 6.07) is 9.10. The van der Waals surface area contributed by atoms with E-state index < -0.39 is 5.97 Å². The molecule has 6 nitrogen and oxygen atoms in total. The molecule has 0 aromatic heterocycles. The zero-order chi connectivity index (χ0) is 17.5. The fraction of sp³-hybridized carbons (Fsp3) is 0.500. The van der Waals surface area contributed by atoms with Gasteiger partial charge in [0.05, 0.1) is 23.8 Å². The average molecular weight is 330 g/mol. The Labute approximate surface area is 142 Å². The van der Waals surface area contributed by atoms with Crippen molar-refractivity contribution in [1.29, 1.82) is 5.26 Å². The topological polar surface area (TPSA) is 79.6 Å². The third-order valence-electron chi connectivity index (χ3n) is 3.83. The molecule has 1 amide bonds. The molecule has 1 aliphatic rings. The van der Waals surface area contributed by atoms with E-state index in [0.717, 1.165) is 5.56 Å². The molecular formula is C18H22N2O4. The van der Waals surface area contributed by atoms with E-state index in [2.05, 4.69) is 0 Å². The second kappa shape index (κ2) is 8.46. The Hall–Kier alpha value is -2.39. The van der Waals surface area contributed by atoms with Gasteiger partial charge in [-0.1, -0.05) is 12.1 Å². The summed E-state index contributed by atoms with van der Waals surface area (Å²) in [7, 11) is 0. The van der Waals surface area contributed by atoms with Crippen molar-refractivity contribution in [3.63, 3.8) is 0 Å². The highest BCUT2D eigenvalue weighted by Crippen LogP contribution is 2.11. The van der Waals surface area contributed by atoms with Gasteiger partial charge in [0.1, 0.15) is 0 Å². The minimum Gasteiger partial charge on any atom is -0.456 e. The smallest absolute Gasteiger partial charge is 0.306 e. The molecule has 1 heterocycles. The first-order valence-electron chi connectivity index (χ1n) is 8.06. The highest BCUT2D eigenvalue weighted by Gasteiger charge is 2.26. The third kappa shape index (κ3) is 5.36. The number of esters is 1. The first-order chi connectivity index (χ1) is 11.5. The fourth-order valence-electron chi connectivity index (χ4n) is 2.68. The number of amides is 1. The second-order valence-corrected chi connectivity index (χ2v) is 6.03. The van der Waals surface area contributed by atoms with Gasteiger partial charge < -0.3 is 14.4 Å². The van der Waals surface area contributed by atoms with Gasteiger partial charge in [0.2, 0.25) is 0 Å². The molecule has 2 atom stereocenters. The van der Waals surface area contributed by atoms with Crippen molar-refractivity contribution in [2.24, 2.45) is 0 Å². The van der Waals surface area contributed by atoms with Crippen LogP contribution < -0.4 is 0 Å². The summed E-state index contributed by atoms with van der Waals surface area (Å²) in [6.45, 7) is 4.64. The number of morpholine rings is 1. The van der Waals surface area contributed by atoms with Crippen molar-refractivity contribution in [1.82, 2.24) is 4.90 Å². The number of carbonyl (C=O) groups is 2. The molecule has 0 bridgehead atoms. The highest BCUT2D eigenvalue weighted by atomic mass is 16.5. The predicted octanol–water partition coefficient (Wildman–Crippen LogP) is 1.67. The van der Waals surface area contributed by atoms with Gasteiger partial charge in [0.25, 0.3) is 5.91 Å². The van der Waals surface area contributed by atoms with Crippen LogP contribution in [0.4, 0.5) is 0 Å². The molecule has 2 unspecified atom stereocenters. The molecule has 2 rings (SSSR count). The molecule has 1 fully saturated rings. The lowest BCUT2D eigenvalue weighted by atomic mass is 10.1. The van der Waals surface area contributed by atoms with Crippen LogP contribution in [0.5, 0.6) is 0 Å². The van der Waals surface area contributed by atoms with Crippen molar-refractivity contribution >= 4 is 11.9 Å². The van der Waals surface area contributed by atoms with Gasteiger partial charge in [-0.25, -0.2) is 0 Å². The largest absolute Gasteiger partial charge is 0.456 e. The second-order valence-electron chi connectivity index (χ2n) is 6.03. The minimum atomic E-state index is -0.401. The van der Waals surface area contributed by atoms with Gasteiger partial charge in [0, 0.05) is 19.5 Å².